The van der Waals surface area contributed by atoms with Gasteiger partial charge in [-0.05, 0) is 37.1 Å². The van der Waals surface area contributed by atoms with E-state index >= 15 is 0 Å². The van der Waals surface area contributed by atoms with Crippen molar-refractivity contribution in [2.45, 2.75) is 19.0 Å². The lowest BCUT2D eigenvalue weighted by atomic mass is 10.0. The second-order valence-corrected chi connectivity index (χ2v) is 6.02. The molecule has 1 aliphatic carbocycles. The number of ether oxygens (including phenoxy) is 1. The molecule has 130 valence electrons. The lowest BCUT2D eigenvalue weighted by molar-refractivity contribution is -0.145. The second-order valence-electron chi connectivity index (χ2n) is 6.02. The minimum Gasteiger partial charge on any atom is -0.378 e. The summed E-state index contributed by atoms with van der Waals surface area (Å²) in [4.78, 5) is 26.6. The van der Waals surface area contributed by atoms with Gasteiger partial charge in [0.2, 0.25) is 11.8 Å². The summed E-state index contributed by atoms with van der Waals surface area (Å²) in [5, 5.41) is 2.56. The van der Waals surface area contributed by atoms with Crippen molar-refractivity contribution in [3.8, 4) is 0 Å². The van der Waals surface area contributed by atoms with Crippen LogP contribution >= 0.6 is 0 Å². The van der Waals surface area contributed by atoms with Crippen molar-refractivity contribution in [3.05, 3.63) is 29.8 Å². The van der Waals surface area contributed by atoms with E-state index in [2.05, 4.69) is 5.32 Å². The Morgan fingerprint density at radius 3 is 2.17 bits per heavy atom. The largest absolute Gasteiger partial charge is 0.416 e. The summed E-state index contributed by atoms with van der Waals surface area (Å²) in [6.45, 7) is 1.80. The quantitative estimate of drug-likeness (QED) is 0.858. The number of halogens is 3. The standard InChI is InChI=1S/C16H17F3N2O3/c17-16(18,19)11-1-3-12(4-2-11)20-13(22)15(5-6-15)14(23)21-7-9-24-10-8-21/h1-4H,5-10H2,(H,20,22). The van der Waals surface area contributed by atoms with Crippen molar-refractivity contribution in [1.82, 2.24) is 4.90 Å². The van der Waals surface area contributed by atoms with Crippen LogP contribution in [0.15, 0.2) is 24.3 Å². The van der Waals surface area contributed by atoms with Gasteiger partial charge in [0.1, 0.15) is 5.41 Å². The third-order valence-electron chi connectivity index (χ3n) is 4.36. The number of hydrogen-bond acceptors (Lipinski definition) is 3. The molecular weight excluding hydrogens is 325 g/mol. The van der Waals surface area contributed by atoms with Crippen LogP contribution in [0.1, 0.15) is 18.4 Å². The first-order valence-electron chi connectivity index (χ1n) is 7.69. The highest BCUT2D eigenvalue weighted by molar-refractivity contribution is 6.13. The van der Waals surface area contributed by atoms with Gasteiger partial charge in [-0.3, -0.25) is 9.59 Å². The first-order valence-corrected chi connectivity index (χ1v) is 7.69. The number of hydrogen-bond donors (Lipinski definition) is 1. The van der Waals surface area contributed by atoms with Crippen molar-refractivity contribution in [2.75, 3.05) is 31.6 Å². The highest BCUT2D eigenvalue weighted by Gasteiger charge is 2.58. The van der Waals surface area contributed by atoms with Gasteiger partial charge in [-0.1, -0.05) is 0 Å². The normalized spacial score (nSPS) is 19.7. The Balaban J connectivity index is 1.67. The van der Waals surface area contributed by atoms with E-state index in [4.69, 9.17) is 4.74 Å². The molecule has 8 heteroatoms. The Hall–Kier alpha value is -2.09. The van der Waals surface area contributed by atoms with Crippen molar-refractivity contribution in [3.63, 3.8) is 0 Å². The molecule has 1 N–H and O–H groups in total. The molecule has 2 fully saturated rings. The molecular formula is C16H17F3N2O3. The molecule has 24 heavy (non-hydrogen) atoms. The van der Waals surface area contributed by atoms with Crippen LogP contribution < -0.4 is 5.32 Å². The van der Waals surface area contributed by atoms with Gasteiger partial charge < -0.3 is 15.0 Å². The van der Waals surface area contributed by atoms with Gasteiger partial charge in [0.25, 0.3) is 0 Å². The molecule has 1 saturated heterocycles. The van der Waals surface area contributed by atoms with E-state index in [0.717, 1.165) is 12.1 Å². The number of rotatable bonds is 3. The van der Waals surface area contributed by atoms with E-state index < -0.39 is 23.1 Å². The minimum atomic E-state index is -4.42. The SMILES string of the molecule is O=C(Nc1ccc(C(F)(F)F)cc1)C1(C(=O)N2CCOCC2)CC1. The summed E-state index contributed by atoms with van der Waals surface area (Å²) in [5.74, 6) is -0.686. The highest BCUT2D eigenvalue weighted by Crippen LogP contribution is 2.48. The fraction of sp³-hybridized carbons (Fsp3) is 0.500. The molecule has 1 aromatic rings. The predicted octanol–water partition coefficient (Wildman–Crippen LogP) is 2.28. The fourth-order valence-corrected chi connectivity index (χ4v) is 2.73. The zero-order chi connectivity index (χ0) is 17.4. The second kappa shape index (κ2) is 6.08. The number of carbonyl (C=O) groups is 2. The van der Waals surface area contributed by atoms with Crippen molar-refractivity contribution < 1.29 is 27.5 Å². The molecule has 3 rings (SSSR count). The molecule has 0 spiro atoms. The van der Waals surface area contributed by atoms with Crippen LogP contribution in [-0.2, 0) is 20.5 Å². The summed E-state index contributed by atoms with van der Waals surface area (Å²) >= 11 is 0. The molecule has 2 aliphatic rings. The van der Waals surface area contributed by atoms with Gasteiger partial charge in [-0.2, -0.15) is 13.2 Å². The van der Waals surface area contributed by atoms with Gasteiger partial charge >= 0.3 is 6.18 Å². The lowest BCUT2D eigenvalue weighted by Gasteiger charge is -2.30. The zero-order valence-electron chi connectivity index (χ0n) is 12.9. The number of benzene rings is 1. The van der Waals surface area contributed by atoms with E-state index in [1.807, 2.05) is 0 Å². The van der Waals surface area contributed by atoms with Crippen LogP contribution in [0, 0.1) is 5.41 Å². The Bertz CT molecular complexity index is 633. The zero-order valence-corrected chi connectivity index (χ0v) is 12.9. The number of carbonyl (C=O) groups excluding carboxylic acids is 2. The maximum absolute atomic E-state index is 12.6. The number of amides is 2. The lowest BCUT2D eigenvalue weighted by Crippen LogP contribution is -2.47. The third-order valence-corrected chi connectivity index (χ3v) is 4.36. The number of morpholine rings is 1. The van der Waals surface area contributed by atoms with Gasteiger partial charge in [0, 0.05) is 18.8 Å². The van der Waals surface area contributed by atoms with Crippen molar-refractivity contribution in [2.24, 2.45) is 5.41 Å². The van der Waals surface area contributed by atoms with Gasteiger partial charge in [-0.15, -0.1) is 0 Å². The minimum absolute atomic E-state index is 0.227. The van der Waals surface area contributed by atoms with Gasteiger partial charge in [-0.25, -0.2) is 0 Å². The first-order chi connectivity index (χ1) is 11.3. The van der Waals surface area contributed by atoms with E-state index in [-0.39, 0.29) is 11.6 Å². The topological polar surface area (TPSA) is 58.6 Å². The summed E-state index contributed by atoms with van der Waals surface area (Å²) in [6, 6.07) is 4.18. The summed E-state index contributed by atoms with van der Waals surface area (Å²) < 4.78 is 42.8. The van der Waals surface area contributed by atoms with Crippen molar-refractivity contribution in [1.29, 1.82) is 0 Å². The van der Waals surface area contributed by atoms with Gasteiger partial charge in [0.15, 0.2) is 0 Å². The molecule has 1 aromatic carbocycles. The van der Waals surface area contributed by atoms with E-state index in [1.165, 1.54) is 12.1 Å². The Kier molecular flexibility index (Phi) is 4.25. The summed E-state index contributed by atoms with van der Waals surface area (Å²) in [7, 11) is 0. The van der Waals surface area contributed by atoms with Crippen molar-refractivity contribution >= 4 is 17.5 Å². The van der Waals surface area contributed by atoms with Crippen LogP contribution in [-0.4, -0.2) is 43.0 Å². The van der Waals surface area contributed by atoms with Crippen LogP contribution in [0.5, 0.6) is 0 Å². The number of alkyl halides is 3. The Labute approximate surface area is 136 Å². The summed E-state index contributed by atoms with van der Waals surface area (Å²) in [6.07, 6.45) is -3.52. The Morgan fingerprint density at radius 2 is 1.67 bits per heavy atom. The molecule has 2 amide bonds. The highest BCUT2D eigenvalue weighted by atomic mass is 19.4. The average molecular weight is 342 g/mol. The Morgan fingerprint density at radius 1 is 1.08 bits per heavy atom. The maximum Gasteiger partial charge on any atom is 0.416 e. The molecule has 1 saturated carbocycles. The van der Waals surface area contributed by atoms with E-state index in [0.29, 0.717) is 39.1 Å². The monoisotopic (exact) mass is 342 g/mol. The predicted molar refractivity (Wildman–Crippen MR) is 79.1 cm³/mol. The molecule has 5 nitrogen and oxygen atoms in total. The average Bonchev–Trinajstić information content (AvgIpc) is 3.36. The molecule has 0 aromatic heterocycles. The van der Waals surface area contributed by atoms with Crippen LogP contribution in [0.25, 0.3) is 0 Å². The molecule has 1 aliphatic heterocycles. The molecule has 0 unspecified atom stereocenters. The fourth-order valence-electron chi connectivity index (χ4n) is 2.73. The number of nitrogens with zero attached hydrogens (tertiary/aromatic N) is 1. The van der Waals surface area contributed by atoms with Crippen LogP contribution in [0.2, 0.25) is 0 Å². The van der Waals surface area contributed by atoms with Gasteiger partial charge in [0.05, 0.1) is 18.8 Å². The number of nitrogens with one attached hydrogen (secondary N) is 1. The molecule has 0 atom stereocenters. The van der Waals surface area contributed by atoms with Crippen LogP contribution in [0.3, 0.4) is 0 Å². The molecule has 1 heterocycles. The van der Waals surface area contributed by atoms with Crippen LogP contribution in [0.4, 0.5) is 18.9 Å². The van der Waals surface area contributed by atoms with E-state index in [9.17, 15) is 22.8 Å². The summed E-state index contributed by atoms with van der Waals surface area (Å²) in [5.41, 5.74) is -1.62. The third kappa shape index (κ3) is 3.24. The molecule has 0 radical (unpaired) electrons. The smallest absolute Gasteiger partial charge is 0.378 e. The first kappa shape index (κ1) is 16.8. The van der Waals surface area contributed by atoms with E-state index in [1.54, 1.807) is 4.90 Å². The molecule has 0 bridgehead atoms. The number of anilines is 1. The maximum atomic E-state index is 12.6.